The Morgan fingerprint density at radius 2 is 1.38 bits per heavy atom. The quantitative estimate of drug-likeness (QED) is 0.240. The number of nitrogens with zero attached hydrogens (tertiary/aromatic N) is 3. The highest BCUT2D eigenvalue weighted by atomic mass is 16.6. The van der Waals surface area contributed by atoms with E-state index in [0.29, 0.717) is 11.3 Å². The minimum absolute atomic E-state index is 0.00161. The van der Waals surface area contributed by atoms with Crippen LogP contribution in [0.5, 0.6) is 0 Å². The minimum atomic E-state index is -0.597. The van der Waals surface area contributed by atoms with E-state index in [1.807, 2.05) is 72.8 Å². The van der Waals surface area contributed by atoms with Gasteiger partial charge in [0.05, 0.1) is 4.92 Å². The molecule has 1 heterocycles. The molecule has 1 amide bonds. The van der Waals surface area contributed by atoms with Crippen molar-refractivity contribution < 1.29 is 9.72 Å². The zero-order chi connectivity index (χ0) is 23.5. The molecule has 34 heavy (non-hydrogen) atoms. The van der Waals surface area contributed by atoms with E-state index in [2.05, 4.69) is 26.1 Å². The molecule has 9 nitrogen and oxygen atoms in total. The van der Waals surface area contributed by atoms with Crippen LogP contribution in [-0.2, 0) is 0 Å². The average molecular weight is 450 g/mol. The Hall–Kier alpha value is -5.05. The average Bonchev–Trinajstić information content (AvgIpc) is 2.87. The molecule has 4 aromatic carbocycles. The first-order valence-electron chi connectivity index (χ1n) is 10.4. The Bertz CT molecular complexity index is 1540. The van der Waals surface area contributed by atoms with Gasteiger partial charge in [-0.25, -0.2) is 9.97 Å². The summed E-state index contributed by atoms with van der Waals surface area (Å²) >= 11 is 0. The van der Waals surface area contributed by atoms with Gasteiger partial charge in [-0.05, 0) is 28.3 Å². The Balaban J connectivity index is 1.44. The molecule has 0 spiro atoms. The van der Waals surface area contributed by atoms with Crippen LogP contribution in [0.25, 0.3) is 21.5 Å². The zero-order valence-corrected chi connectivity index (χ0v) is 17.7. The molecule has 9 heteroatoms. The van der Waals surface area contributed by atoms with Crippen molar-refractivity contribution in [3.8, 4) is 0 Å². The van der Waals surface area contributed by atoms with Crippen LogP contribution in [0.1, 0.15) is 10.4 Å². The maximum absolute atomic E-state index is 12.8. The monoisotopic (exact) mass is 450 g/mol. The topological polar surface area (TPSA) is 122 Å². The standard InChI is InChI=1S/C25H18N6O3/c32-25(20-13-5-9-16-7-1-3-11-18(16)20)30-29-24-22(31(33)34)23(26-15-27-24)28-21-14-6-10-17-8-2-4-12-19(17)21/h1-15H,(H,30,32)(H2,26,27,28,29). The molecule has 0 radical (unpaired) electrons. The first-order chi connectivity index (χ1) is 16.6. The zero-order valence-electron chi connectivity index (χ0n) is 17.7. The van der Waals surface area contributed by atoms with Crippen LogP contribution in [0.3, 0.4) is 0 Å². The van der Waals surface area contributed by atoms with Gasteiger partial charge in [0.2, 0.25) is 11.6 Å². The van der Waals surface area contributed by atoms with Gasteiger partial charge in [0.15, 0.2) is 0 Å². The summed E-state index contributed by atoms with van der Waals surface area (Å²) in [6.07, 6.45) is 1.19. The van der Waals surface area contributed by atoms with E-state index in [9.17, 15) is 14.9 Å². The second-order valence-corrected chi connectivity index (χ2v) is 7.43. The molecule has 5 aromatic rings. The molecule has 1 aromatic heterocycles. The van der Waals surface area contributed by atoms with Crippen molar-refractivity contribution in [1.82, 2.24) is 15.4 Å². The Labute approximate surface area is 193 Å². The van der Waals surface area contributed by atoms with E-state index in [1.165, 1.54) is 6.33 Å². The number of nitrogens with one attached hydrogen (secondary N) is 3. The van der Waals surface area contributed by atoms with Crippen LogP contribution in [0.2, 0.25) is 0 Å². The second kappa shape index (κ2) is 8.83. The number of carbonyl (C=O) groups is 1. The van der Waals surface area contributed by atoms with Gasteiger partial charge in [-0.3, -0.25) is 25.8 Å². The summed E-state index contributed by atoms with van der Waals surface area (Å²) in [5, 5.41) is 18.5. The lowest BCUT2D eigenvalue weighted by Crippen LogP contribution is -2.30. The molecule has 0 fully saturated rings. The highest BCUT2D eigenvalue weighted by molar-refractivity contribution is 6.07. The van der Waals surface area contributed by atoms with Crippen LogP contribution in [0, 0.1) is 10.1 Å². The molecule has 3 N–H and O–H groups in total. The van der Waals surface area contributed by atoms with Crippen molar-refractivity contribution in [3.63, 3.8) is 0 Å². The molecule has 0 unspecified atom stereocenters. The van der Waals surface area contributed by atoms with Gasteiger partial charge in [-0.15, -0.1) is 0 Å². The number of amides is 1. The summed E-state index contributed by atoms with van der Waals surface area (Å²) in [5.41, 5.74) is 5.79. The van der Waals surface area contributed by atoms with Crippen LogP contribution >= 0.6 is 0 Å². The summed E-state index contributed by atoms with van der Waals surface area (Å²) in [6.45, 7) is 0. The largest absolute Gasteiger partial charge is 0.355 e. The highest BCUT2D eigenvalue weighted by Gasteiger charge is 2.24. The number of hydrogen-bond donors (Lipinski definition) is 3. The summed E-state index contributed by atoms with van der Waals surface area (Å²) in [4.78, 5) is 32.2. The van der Waals surface area contributed by atoms with Gasteiger partial charge in [0.25, 0.3) is 5.91 Å². The smallest absolute Gasteiger partial charge is 0.334 e. The number of aromatic nitrogens is 2. The number of hydrogen-bond acceptors (Lipinski definition) is 7. The molecular weight excluding hydrogens is 432 g/mol. The van der Waals surface area contributed by atoms with E-state index < -0.39 is 16.5 Å². The fourth-order valence-corrected chi connectivity index (χ4v) is 3.80. The minimum Gasteiger partial charge on any atom is -0.334 e. The molecule has 5 rings (SSSR count). The number of rotatable bonds is 6. The molecule has 0 aliphatic heterocycles. The number of fused-ring (bicyclic) bond motifs is 2. The van der Waals surface area contributed by atoms with E-state index >= 15 is 0 Å². The number of anilines is 3. The van der Waals surface area contributed by atoms with Gasteiger partial charge in [0.1, 0.15) is 6.33 Å². The van der Waals surface area contributed by atoms with Crippen molar-refractivity contribution in [3.05, 3.63) is 107 Å². The fraction of sp³-hybridized carbons (Fsp3) is 0. The van der Waals surface area contributed by atoms with Gasteiger partial charge >= 0.3 is 5.69 Å². The first-order valence-corrected chi connectivity index (χ1v) is 10.4. The van der Waals surface area contributed by atoms with Crippen molar-refractivity contribution in [2.24, 2.45) is 0 Å². The molecule has 0 bridgehead atoms. The molecule has 0 saturated heterocycles. The van der Waals surface area contributed by atoms with E-state index in [1.54, 1.807) is 12.1 Å². The number of benzene rings is 4. The fourth-order valence-electron chi connectivity index (χ4n) is 3.80. The van der Waals surface area contributed by atoms with Crippen molar-refractivity contribution >= 4 is 50.5 Å². The Morgan fingerprint density at radius 3 is 2.15 bits per heavy atom. The Kier molecular flexibility index (Phi) is 5.41. The van der Waals surface area contributed by atoms with Gasteiger partial charge in [0, 0.05) is 16.6 Å². The van der Waals surface area contributed by atoms with Crippen LogP contribution in [-0.4, -0.2) is 20.8 Å². The predicted molar refractivity (Wildman–Crippen MR) is 131 cm³/mol. The van der Waals surface area contributed by atoms with E-state index in [-0.39, 0.29) is 11.6 Å². The van der Waals surface area contributed by atoms with Crippen LogP contribution in [0.4, 0.5) is 23.0 Å². The third-order valence-electron chi connectivity index (χ3n) is 5.38. The molecule has 0 aliphatic rings. The predicted octanol–water partition coefficient (Wildman–Crippen LogP) is 5.19. The number of nitro groups is 1. The van der Waals surface area contributed by atoms with Gasteiger partial charge in [-0.1, -0.05) is 72.8 Å². The van der Waals surface area contributed by atoms with E-state index in [4.69, 9.17) is 0 Å². The van der Waals surface area contributed by atoms with Crippen molar-refractivity contribution in [2.45, 2.75) is 0 Å². The van der Waals surface area contributed by atoms with E-state index in [0.717, 1.165) is 21.5 Å². The third kappa shape index (κ3) is 3.93. The Morgan fingerprint density at radius 1 is 0.765 bits per heavy atom. The maximum atomic E-state index is 12.8. The van der Waals surface area contributed by atoms with Crippen molar-refractivity contribution in [1.29, 1.82) is 0 Å². The summed E-state index contributed by atoms with van der Waals surface area (Å²) in [7, 11) is 0. The lowest BCUT2D eigenvalue weighted by Gasteiger charge is -2.13. The first kappa shape index (κ1) is 20.8. The molecule has 0 saturated carbocycles. The van der Waals surface area contributed by atoms with Gasteiger partial charge < -0.3 is 5.32 Å². The van der Waals surface area contributed by atoms with Crippen molar-refractivity contribution in [2.75, 3.05) is 10.7 Å². The lowest BCUT2D eigenvalue weighted by atomic mass is 10.0. The lowest BCUT2D eigenvalue weighted by molar-refractivity contribution is -0.383. The third-order valence-corrected chi connectivity index (χ3v) is 5.38. The van der Waals surface area contributed by atoms with Crippen LogP contribution < -0.4 is 16.2 Å². The normalized spacial score (nSPS) is 10.7. The van der Waals surface area contributed by atoms with Crippen LogP contribution in [0.15, 0.2) is 91.3 Å². The van der Waals surface area contributed by atoms with Gasteiger partial charge in [-0.2, -0.15) is 0 Å². The maximum Gasteiger partial charge on any atom is 0.355 e. The second-order valence-electron chi connectivity index (χ2n) is 7.43. The molecule has 166 valence electrons. The molecular formula is C25H18N6O3. The number of carbonyl (C=O) groups excluding carboxylic acids is 1. The summed E-state index contributed by atoms with van der Waals surface area (Å²) in [6, 6.07) is 26.1. The highest BCUT2D eigenvalue weighted by Crippen LogP contribution is 2.33. The molecule has 0 atom stereocenters. The molecule has 0 aliphatic carbocycles. The summed E-state index contributed by atoms with van der Waals surface area (Å²) in [5.74, 6) is -0.595. The SMILES string of the molecule is O=C(NNc1ncnc(Nc2cccc3ccccc23)c1[N+](=O)[O-])c1cccc2ccccc12. The number of hydrazine groups is 1. The summed E-state index contributed by atoms with van der Waals surface area (Å²) < 4.78 is 0.